The molecule has 0 aromatic rings. The van der Waals surface area contributed by atoms with Crippen LogP contribution in [0.4, 0.5) is 0 Å². The van der Waals surface area contributed by atoms with Crippen LogP contribution in [0.15, 0.2) is 0 Å². The summed E-state index contributed by atoms with van der Waals surface area (Å²) >= 11 is 0. The average Bonchev–Trinajstić information content (AvgIpc) is 2.17. The zero-order valence-corrected chi connectivity index (χ0v) is 6.79. The molecule has 0 amide bonds. The van der Waals surface area contributed by atoms with Gasteiger partial charge in [0.15, 0.2) is 0 Å². The van der Waals surface area contributed by atoms with Crippen molar-refractivity contribution in [3.05, 3.63) is 11.4 Å². The molecule has 1 saturated heterocycles. The zero-order valence-electron chi connectivity index (χ0n) is 6.79. The Balaban J connectivity index is 2.29. The number of hydrogen-bond donors (Lipinski definition) is 1. The second-order valence-electron chi connectivity index (χ2n) is 3.17. The summed E-state index contributed by atoms with van der Waals surface area (Å²) in [5, 5.41) is 1.87. The van der Waals surface area contributed by atoms with Gasteiger partial charge >= 0.3 is 0 Å². The molecule has 1 aliphatic rings. The summed E-state index contributed by atoms with van der Waals surface area (Å²) in [6.07, 6.45) is 3.42. The van der Waals surface area contributed by atoms with Crippen molar-refractivity contribution < 1.29 is 0 Å². The van der Waals surface area contributed by atoms with Crippen molar-refractivity contribution in [3.63, 3.8) is 0 Å². The molecule has 3 heteroatoms. The van der Waals surface area contributed by atoms with Crippen molar-refractivity contribution in [2.45, 2.75) is 19.3 Å². The molecule has 1 unspecified atom stereocenters. The van der Waals surface area contributed by atoms with Crippen LogP contribution in [0.1, 0.15) is 19.3 Å². The lowest BCUT2D eigenvalue weighted by molar-refractivity contribution is 0.292. The lowest BCUT2D eigenvalue weighted by Crippen LogP contribution is -2.31. The minimum atomic E-state index is 0.598. The number of rotatable bonds is 1. The van der Waals surface area contributed by atoms with Crippen LogP contribution in [0, 0.1) is 12.5 Å². The van der Waals surface area contributed by atoms with Crippen LogP contribution in [0.5, 0.6) is 0 Å². The lowest BCUT2D eigenvalue weighted by Gasteiger charge is -2.11. The Morgan fingerprint density at radius 1 is 1.45 bits per heavy atom. The van der Waals surface area contributed by atoms with E-state index in [0.29, 0.717) is 12.5 Å². The molecule has 11 heavy (non-hydrogen) atoms. The van der Waals surface area contributed by atoms with E-state index in [2.05, 4.69) is 4.85 Å². The summed E-state index contributed by atoms with van der Waals surface area (Å²) in [5.41, 5.74) is 0. The summed E-state index contributed by atoms with van der Waals surface area (Å²) in [5.74, 6) is 6.25. The van der Waals surface area contributed by atoms with Gasteiger partial charge in [0.1, 0.15) is 0 Å². The van der Waals surface area contributed by atoms with Crippen LogP contribution in [-0.4, -0.2) is 24.6 Å². The van der Waals surface area contributed by atoms with Crippen molar-refractivity contribution in [1.82, 2.24) is 5.01 Å². The summed E-state index contributed by atoms with van der Waals surface area (Å²) < 4.78 is 0. The molecule has 0 aliphatic carbocycles. The summed E-state index contributed by atoms with van der Waals surface area (Å²) in [6, 6.07) is 0. The van der Waals surface area contributed by atoms with Gasteiger partial charge in [-0.2, -0.15) is 0 Å². The first kappa shape index (κ1) is 8.51. The summed E-state index contributed by atoms with van der Waals surface area (Å²) in [4.78, 5) is 3.42. The number of hydrazine groups is 1. The predicted octanol–water partition coefficient (Wildman–Crippen LogP) is 0.881. The Morgan fingerprint density at radius 2 is 2.27 bits per heavy atom. The van der Waals surface area contributed by atoms with Gasteiger partial charge < -0.3 is 4.85 Å². The van der Waals surface area contributed by atoms with Crippen molar-refractivity contribution in [1.29, 1.82) is 0 Å². The van der Waals surface area contributed by atoms with Crippen LogP contribution in [0.25, 0.3) is 4.85 Å². The second-order valence-corrected chi connectivity index (χ2v) is 3.17. The quantitative estimate of drug-likeness (QED) is 0.448. The van der Waals surface area contributed by atoms with Crippen LogP contribution >= 0.6 is 0 Å². The first-order valence-electron chi connectivity index (χ1n) is 4.16. The maximum absolute atomic E-state index is 6.74. The minimum Gasteiger partial charge on any atom is -0.317 e. The fraction of sp³-hybridized carbons (Fsp3) is 0.875. The average molecular weight is 153 g/mol. The molecule has 0 radical (unpaired) electrons. The molecule has 0 saturated carbocycles. The van der Waals surface area contributed by atoms with Gasteiger partial charge in [-0.05, 0) is 19.3 Å². The van der Waals surface area contributed by atoms with E-state index < -0.39 is 0 Å². The van der Waals surface area contributed by atoms with E-state index in [4.69, 9.17) is 12.4 Å². The van der Waals surface area contributed by atoms with E-state index in [1.165, 1.54) is 6.42 Å². The highest BCUT2D eigenvalue weighted by atomic mass is 15.4. The van der Waals surface area contributed by atoms with Crippen molar-refractivity contribution >= 4 is 0 Å². The van der Waals surface area contributed by atoms with Crippen LogP contribution in [0.2, 0.25) is 0 Å². The molecule has 1 rings (SSSR count). The molecule has 0 spiro atoms. The SMILES string of the molecule is [C-]#[N+]CC1CCCN(N)CC1. The Kier molecular flexibility index (Phi) is 3.34. The third-order valence-electron chi connectivity index (χ3n) is 2.23. The van der Waals surface area contributed by atoms with E-state index in [0.717, 1.165) is 25.9 Å². The third kappa shape index (κ3) is 2.87. The lowest BCUT2D eigenvalue weighted by atomic mass is 10.0. The number of nitrogens with zero attached hydrogens (tertiary/aromatic N) is 2. The topological polar surface area (TPSA) is 33.6 Å². The molecule has 1 heterocycles. The number of hydrogen-bond acceptors (Lipinski definition) is 2. The summed E-state index contributed by atoms with van der Waals surface area (Å²) in [6.45, 7) is 9.38. The molecule has 1 atom stereocenters. The van der Waals surface area contributed by atoms with Crippen LogP contribution in [0.3, 0.4) is 0 Å². The number of nitrogens with two attached hydrogens (primary N) is 1. The highest BCUT2D eigenvalue weighted by molar-refractivity contribution is 4.74. The molecule has 3 nitrogen and oxygen atoms in total. The van der Waals surface area contributed by atoms with Crippen LogP contribution in [-0.2, 0) is 0 Å². The zero-order chi connectivity index (χ0) is 8.10. The maximum Gasteiger partial charge on any atom is 0.217 e. The van der Waals surface area contributed by atoms with Gasteiger partial charge in [-0.1, -0.05) is 0 Å². The van der Waals surface area contributed by atoms with Gasteiger partial charge in [-0.25, -0.2) is 11.6 Å². The fourth-order valence-corrected chi connectivity index (χ4v) is 1.50. The molecule has 0 bridgehead atoms. The maximum atomic E-state index is 6.74. The van der Waals surface area contributed by atoms with E-state index in [1.807, 2.05) is 5.01 Å². The molecular formula is C8H15N3. The molecule has 2 N–H and O–H groups in total. The molecular weight excluding hydrogens is 138 g/mol. The van der Waals surface area contributed by atoms with Crippen molar-refractivity contribution in [2.24, 2.45) is 11.8 Å². The van der Waals surface area contributed by atoms with Gasteiger partial charge in [-0.15, -0.1) is 0 Å². The van der Waals surface area contributed by atoms with Gasteiger partial charge in [-0.3, -0.25) is 5.84 Å². The minimum absolute atomic E-state index is 0.598. The van der Waals surface area contributed by atoms with Crippen molar-refractivity contribution in [3.8, 4) is 0 Å². The first-order chi connectivity index (χ1) is 5.33. The van der Waals surface area contributed by atoms with Gasteiger partial charge in [0.05, 0.1) is 0 Å². The molecule has 1 fully saturated rings. The Bertz CT molecular complexity index is 150. The van der Waals surface area contributed by atoms with E-state index >= 15 is 0 Å². The standard InChI is InChI=1S/C8H15N3/c1-10-7-8-3-2-5-11(9)6-4-8/h8H,2-7,9H2. The van der Waals surface area contributed by atoms with E-state index in [-0.39, 0.29) is 0 Å². The highest BCUT2D eigenvalue weighted by Crippen LogP contribution is 2.15. The largest absolute Gasteiger partial charge is 0.317 e. The third-order valence-corrected chi connectivity index (χ3v) is 2.23. The Morgan fingerprint density at radius 3 is 3.00 bits per heavy atom. The van der Waals surface area contributed by atoms with Gasteiger partial charge in [0.2, 0.25) is 6.54 Å². The molecule has 1 aliphatic heterocycles. The molecule has 0 aromatic heterocycles. The second kappa shape index (κ2) is 4.32. The first-order valence-corrected chi connectivity index (χ1v) is 4.16. The highest BCUT2D eigenvalue weighted by Gasteiger charge is 2.16. The van der Waals surface area contributed by atoms with Crippen molar-refractivity contribution in [2.75, 3.05) is 19.6 Å². The molecule has 0 aromatic carbocycles. The Labute approximate surface area is 68.0 Å². The normalized spacial score (nSPS) is 27.5. The predicted molar refractivity (Wildman–Crippen MR) is 44.6 cm³/mol. The smallest absolute Gasteiger partial charge is 0.217 e. The van der Waals surface area contributed by atoms with Gasteiger partial charge in [0.25, 0.3) is 0 Å². The van der Waals surface area contributed by atoms with E-state index in [9.17, 15) is 0 Å². The monoisotopic (exact) mass is 153 g/mol. The Hall–Kier alpha value is -0.590. The van der Waals surface area contributed by atoms with Gasteiger partial charge in [0, 0.05) is 19.0 Å². The fourth-order valence-electron chi connectivity index (χ4n) is 1.50. The van der Waals surface area contributed by atoms with E-state index in [1.54, 1.807) is 0 Å². The molecule has 62 valence electrons. The van der Waals surface area contributed by atoms with Crippen LogP contribution < -0.4 is 5.84 Å². The summed E-state index contributed by atoms with van der Waals surface area (Å²) in [7, 11) is 0.